The van der Waals surface area contributed by atoms with Crippen LogP contribution in [0.25, 0.3) is 11.0 Å². The first kappa shape index (κ1) is 13.8. The summed E-state index contributed by atoms with van der Waals surface area (Å²) in [5, 5.41) is 0. The van der Waals surface area contributed by atoms with Crippen LogP contribution in [0.4, 0.5) is 4.39 Å². The van der Waals surface area contributed by atoms with Gasteiger partial charge in [0.1, 0.15) is 0 Å². The van der Waals surface area contributed by atoms with Gasteiger partial charge in [0.2, 0.25) is 0 Å². The van der Waals surface area contributed by atoms with Crippen LogP contribution in [-0.2, 0) is 13.0 Å². The first-order valence-electron chi connectivity index (χ1n) is 6.69. The van der Waals surface area contributed by atoms with Crippen LogP contribution in [0.3, 0.4) is 0 Å². The molecule has 0 atom stereocenters. The number of halogens is 1. The number of nitrogens with zero attached hydrogens (tertiary/aromatic N) is 1. The van der Waals surface area contributed by atoms with Crippen molar-refractivity contribution in [3.63, 3.8) is 0 Å². The number of aromatic nitrogens is 2. The molecule has 3 nitrogen and oxygen atoms in total. The van der Waals surface area contributed by atoms with E-state index in [2.05, 4.69) is 17.1 Å². The highest BCUT2D eigenvalue weighted by atomic mass is 32.1. The molecule has 0 unspecified atom stereocenters. The van der Waals surface area contributed by atoms with E-state index in [1.54, 1.807) is 6.07 Å². The number of fused-ring (bicyclic) bond motifs is 1. The molecule has 0 radical (unpaired) electrons. The van der Waals surface area contributed by atoms with E-state index in [0.29, 0.717) is 10.3 Å². The third-order valence-electron chi connectivity index (χ3n) is 3.51. The van der Waals surface area contributed by atoms with E-state index in [1.807, 2.05) is 22.8 Å². The SMILES string of the molecule is COc1cc2c(cc1F)[nH]c(=S)n2CCc1ccccc1. The van der Waals surface area contributed by atoms with Crippen LogP contribution >= 0.6 is 12.2 Å². The third kappa shape index (κ3) is 2.69. The van der Waals surface area contributed by atoms with Crippen LogP contribution in [0.2, 0.25) is 0 Å². The summed E-state index contributed by atoms with van der Waals surface area (Å²) in [6.45, 7) is 0.734. The summed E-state index contributed by atoms with van der Waals surface area (Å²) < 4.78 is 21.3. The highest BCUT2D eigenvalue weighted by molar-refractivity contribution is 7.71. The van der Waals surface area contributed by atoms with Gasteiger partial charge in [0.25, 0.3) is 0 Å². The van der Waals surface area contributed by atoms with Gasteiger partial charge in [-0.25, -0.2) is 4.39 Å². The molecule has 0 saturated carbocycles. The second-order valence-corrected chi connectivity index (χ2v) is 5.21. The molecule has 0 bridgehead atoms. The van der Waals surface area contributed by atoms with Gasteiger partial charge in [0, 0.05) is 18.7 Å². The number of H-pyrrole nitrogens is 1. The molecule has 1 aromatic heterocycles. The number of hydrogen-bond donors (Lipinski definition) is 1. The number of methoxy groups -OCH3 is 1. The average Bonchev–Trinajstić information content (AvgIpc) is 2.79. The summed E-state index contributed by atoms with van der Waals surface area (Å²) >= 11 is 5.34. The van der Waals surface area contributed by atoms with Crippen molar-refractivity contribution in [3.05, 3.63) is 58.6 Å². The Morgan fingerprint density at radius 2 is 2.00 bits per heavy atom. The van der Waals surface area contributed by atoms with Gasteiger partial charge in [-0.1, -0.05) is 30.3 Å². The molecule has 0 aliphatic rings. The van der Waals surface area contributed by atoms with Crippen molar-refractivity contribution in [2.24, 2.45) is 0 Å². The number of imidazole rings is 1. The largest absolute Gasteiger partial charge is 0.494 e. The first-order valence-corrected chi connectivity index (χ1v) is 7.10. The lowest BCUT2D eigenvalue weighted by Gasteiger charge is -2.06. The molecule has 2 aromatic carbocycles. The van der Waals surface area contributed by atoms with Gasteiger partial charge in [-0.05, 0) is 24.2 Å². The lowest BCUT2D eigenvalue weighted by molar-refractivity contribution is 0.387. The molecule has 3 rings (SSSR count). The van der Waals surface area contributed by atoms with E-state index in [4.69, 9.17) is 17.0 Å². The first-order chi connectivity index (χ1) is 10.2. The normalized spacial score (nSPS) is 11.0. The summed E-state index contributed by atoms with van der Waals surface area (Å²) in [5.74, 6) is -0.165. The van der Waals surface area contributed by atoms with Crippen molar-refractivity contribution in [3.8, 4) is 5.75 Å². The fourth-order valence-corrected chi connectivity index (χ4v) is 2.72. The molecule has 0 spiro atoms. The molecule has 0 aliphatic carbocycles. The summed E-state index contributed by atoms with van der Waals surface area (Å²) in [6.07, 6.45) is 0.863. The third-order valence-corrected chi connectivity index (χ3v) is 3.84. The molecular weight excluding hydrogens is 287 g/mol. The van der Waals surface area contributed by atoms with Crippen molar-refractivity contribution in [2.75, 3.05) is 7.11 Å². The van der Waals surface area contributed by atoms with Crippen molar-refractivity contribution in [1.29, 1.82) is 0 Å². The molecule has 0 saturated heterocycles. The Morgan fingerprint density at radius 3 is 2.71 bits per heavy atom. The number of benzene rings is 2. The molecule has 0 amide bonds. The van der Waals surface area contributed by atoms with E-state index in [9.17, 15) is 4.39 Å². The van der Waals surface area contributed by atoms with Crippen LogP contribution in [0, 0.1) is 10.6 Å². The van der Waals surface area contributed by atoms with Crippen LogP contribution in [-0.4, -0.2) is 16.7 Å². The topological polar surface area (TPSA) is 29.9 Å². The molecule has 0 fully saturated rings. The number of aromatic amines is 1. The smallest absolute Gasteiger partial charge is 0.178 e. The summed E-state index contributed by atoms with van der Waals surface area (Å²) in [5.41, 5.74) is 2.78. The number of rotatable bonds is 4. The molecule has 108 valence electrons. The molecule has 21 heavy (non-hydrogen) atoms. The van der Waals surface area contributed by atoms with Gasteiger partial charge in [-0.15, -0.1) is 0 Å². The van der Waals surface area contributed by atoms with Crippen molar-refractivity contribution in [2.45, 2.75) is 13.0 Å². The Kier molecular flexibility index (Phi) is 3.75. The lowest BCUT2D eigenvalue weighted by Crippen LogP contribution is -2.01. The lowest BCUT2D eigenvalue weighted by atomic mass is 10.1. The fraction of sp³-hybridized carbons (Fsp3) is 0.188. The summed E-state index contributed by atoms with van der Waals surface area (Å²) in [4.78, 5) is 3.04. The number of ether oxygens (including phenoxy) is 1. The summed E-state index contributed by atoms with van der Waals surface area (Å²) in [6, 6.07) is 13.3. The molecule has 0 aliphatic heterocycles. The molecular formula is C16H15FN2OS. The van der Waals surface area contributed by atoms with E-state index < -0.39 is 5.82 Å². The second-order valence-electron chi connectivity index (χ2n) is 4.82. The molecule has 1 heterocycles. The maximum absolute atomic E-state index is 13.7. The zero-order valence-electron chi connectivity index (χ0n) is 11.6. The minimum Gasteiger partial charge on any atom is -0.494 e. The van der Waals surface area contributed by atoms with Crippen LogP contribution < -0.4 is 4.74 Å². The van der Waals surface area contributed by atoms with Crippen LogP contribution in [0.5, 0.6) is 5.75 Å². The van der Waals surface area contributed by atoms with Gasteiger partial charge in [-0.3, -0.25) is 0 Å². The Morgan fingerprint density at radius 1 is 1.24 bits per heavy atom. The Bertz CT molecular complexity index is 823. The second kappa shape index (κ2) is 5.69. The predicted molar refractivity (Wildman–Crippen MR) is 83.8 cm³/mol. The zero-order chi connectivity index (χ0) is 14.8. The standard InChI is InChI=1S/C16H15FN2OS/c1-20-15-10-14-13(9-12(15)17)18-16(21)19(14)8-7-11-5-3-2-4-6-11/h2-6,9-10H,7-8H2,1H3,(H,18,21). The molecule has 3 aromatic rings. The monoisotopic (exact) mass is 302 g/mol. The maximum atomic E-state index is 13.7. The van der Waals surface area contributed by atoms with Gasteiger partial charge in [0.15, 0.2) is 16.3 Å². The van der Waals surface area contributed by atoms with E-state index in [1.165, 1.54) is 18.7 Å². The van der Waals surface area contributed by atoms with E-state index in [-0.39, 0.29) is 5.75 Å². The number of aryl methyl sites for hydroxylation is 2. The minimum absolute atomic E-state index is 0.227. The van der Waals surface area contributed by atoms with Gasteiger partial charge in [-0.2, -0.15) is 0 Å². The highest BCUT2D eigenvalue weighted by Gasteiger charge is 2.10. The van der Waals surface area contributed by atoms with Gasteiger partial charge < -0.3 is 14.3 Å². The number of hydrogen-bond acceptors (Lipinski definition) is 2. The molecule has 1 N–H and O–H groups in total. The van der Waals surface area contributed by atoms with E-state index >= 15 is 0 Å². The quantitative estimate of drug-likeness (QED) is 0.736. The van der Waals surface area contributed by atoms with Gasteiger partial charge >= 0.3 is 0 Å². The molecule has 5 heteroatoms. The van der Waals surface area contributed by atoms with E-state index in [0.717, 1.165) is 18.5 Å². The predicted octanol–water partition coefficient (Wildman–Crippen LogP) is 4.09. The Hall–Kier alpha value is -2.14. The minimum atomic E-state index is -0.392. The zero-order valence-corrected chi connectivity index (χ0v) is 12.4. The van der Waals surface area contributed by atoms with Crippen molar-refractivity contribution in [1.82, 2.24) is 9.55 Å². The Labute approximate surface area is 127 Å². The van der Waals surface area contributed by atoms with Gasteiger partial charge in [0.05, 0.1) is 18.1 Å². The van der Waals surface area contributed by atoms with Crippen LogP contribution in [0.1, 0.15) is 5.56 Å². The average molecular weight is 302 g/mol. The maximum Gasteiger partial charge on any atom is 0.178 e. The van der Waals surface area contributed by atoms with Crippen LogP contribution in [0.15, 0.2) is 42.5 Å². The highest BCUT2D eigenvalue weighted by Crippen LogP contribution is 2.24. The van der Waals surface area contributed by atoms with Crippen molar-refractivity contribution < 1.29 is 9.13 Å². The summed E-state index contributed by atoms with van der Waals surface area (Å²) in [7, 11) is 1.46. The van der Waals surface area contributed by atoms with Crippen molar-refractivity contribution >= 4 is 23.3 Å². The Balaban J connectivity index is 1.98. The fourth-order valence-electron chi connectivity index (χ4n) is 2.42. The number of nitrogens with one attached hydrogen (secondary N) is 1.